The molecular formula is C17H33N3O. The molecule has 0 unspecified atom stereocenters. The van der Waals surface area contributed by atoms with E-state index in [9.17, 15) is 4.79 Å². The maximum Gasteiger partial charge on any atom is 0.223 e. The van der Waals surface area contributed by atoms with Crippen LogP contribution in [-0.2, 0) is 4.79 Å². The first-order valence-corrected chi connectivity index (χ1v) is 8.84. The number of hydrogen-bond donors (Lipinski definition) is 0. The smallest absolute Gasteiger partial charge is 0.223 e. The summed E-state index contributed by atoms with van der Waals surface area (Å²) in [5.74, 6) is 1.11. The Labute approximate surface area is 130 Å². The van der Waals surface area contributed by atoms with Crippen molar-refractivity contribution in [1.29, 1.82) is 0 Å². The second-order valence-electron chi connectivity index (χ2n) is 7.02. The fourth-order valence-electron chi connectivity index (χ4n) is 3.53. The van der Waals surface area contributed by atoms with Crippen molar-refractivity contribution in [3.05, 3.63) is 0 Å². The summed E-state index contributed by atoms with van der Waals surface area (Å²) in [4.78, 5) is 19.1. The summed E-state index contributed by atoms with van der Waals surface area (Å²) >= 11 is 0. The highest BCUT2D eigenvalue weighted by Crippen LogP contribution is 2.15. The molecule has 0 spiro atoms. The van der Waals surface area contributed by atoms with Crippen LogP contribution in [-0.4, -0.2) is 73.5 Å². The lowest BCUT2D eigenvalue weighted by Crippen LogP contribution is -2.40. The molecule has 0 N–H and O–H groups in total. The van der Waals surface area contributed by atoms with Crippen molar-refractivity contribution in [2.45, 2.75) is 45.4 Å². The van der Waals surface area contributed by atoms with Crippen LogP contribution in [0.5, 0.6) is 0 Å². The normalized spacial score (nSPS) is 25.0. The molecule has 2 aliphatic heterocycles. The Bertz CT molecular complexity index is 315. The molecule has 4 heteroatoms. The van der Waals surface area contributed by atoms with Gasteiger partial charge in [0.25, 0.3) is 0 Å². The molecule has 0 aromatic heterocycles. The van der Waals surface area contributed by atoms with Crippen molar-refractivity contribution < 1.29 is 4.79 Å². The van der Waals surface area contributed by atoms with Crippen molar-refractivity contribution >= 4 is 5.91 Å². The minimum Gasteiger partial charge on any atom is -0.344 e. The van der Waals surface area contributed by atoms with Crippen LogP contribution in [0.3, 0.4) is 0 Å². The first kappa shape index (κ1) is 16.8. The summed E-state index contributed by atoms with van der Waals surface area (Å²) < 4.78 is 0. The maximum absolute atomic E-state index is 12.2. The largest absolute Gasteiger partial charge is 0.344 e. The molecule has 1 amide bonds. The minimum atomic E-state index is 0.310. The van der Waals surface area contributed by atoms with E-state index in [0.29, 0.717) is 12.3 Å². The summed E-state index contributed by atoms with van der Waals surface area (Å²) in [6.07, 6.45) is 7.35. The molecule has 21 heavy (non-hydrogen) atoms. The quantitative estimate of drug-likeness (QED) is 0.750. The van der Waals surface area contributed by atoms with Crippen LogP contribution in [0.25, 0.3) is 0 Å². The Balaban J connectivity index is 1.60. The third kappa shape index (κ3) is 5.95. The Kier molecular flexibility index (Phi) is 6.97. The molecule has 2 saturated heterocycles. The molecule has 4 nitrogen and oxygen atoms in total. The van der Waals surface area contributed by atoms with E-state index < -0.39 is 0 Å². The molecule has 2 rings (SSSR count). The van der Waals surface area contributed by atoms with Gasteiger partial charge in [0.1, 0.15) is 0 Å². The molecule has 0 aromatic rings. The highest BCUT2D eigenvalue weighted by Gasteiger charge is 2.18. The van der Waals surface area contributed by atoms with Gasteiger partial charge in [-0.2, -0.15) is 0 Å². The lowest BCUT2D eigenvalue weighted by Gasteiger charge is -2.31. The van der Waals surface area contributed by atoms with Crippen molar-refractivity contribution in [3.8, 4) is 0 Å². The van der Waals surface area contributed by atoms with E-state index in [2.05, 4.69) is 16.7 Å². The Morgan fingerprint density at radius 2 is 1.76 bits per heavy atom. The molecule has 0 aromatic carbocycles. The Hall–Kier alpha value is -0.610. The average molecular weight is 295 g/mol. The van der Waals surface area contributed by atoms with E-state index in [1.54, 1.807) is 0 Å². The number of nitrogens with zero attached hydrogens (tertiary/aromatic N) is 3. The SMILES string of the molecule is C[C@@H]1CCCN(CCC(=O)N(C)CCN2CCCCC2)C1. The molecule has 1 atom stereocenters. The standard InChI is InChI=1S/C17H33N3O/c1-16-7-6-11-20(15-16)12-8-17(21)18(2)13-14-19-9-4-3-5-10-19/h16H,3-15H2,1-2H3/t16-/m1/s1. The number of likely N-dealkylation sites (tertiary alicyclic amines) is 2. The number of likely N-dealkylation sites (N-methyl/N-ethyl adjacent to an activating group) is 1. The molecule has 0 bridgehead atoms. The lowest BCUT2D eigenvalue weighted by atomic mass is 10.0. The van der Waals surface area contributed by atoms with Crippen molar-refractivity contribution in [2.75, 3.05) is 52.9 Å². The van der Waals surface area contributed by atoms with Gasteiger partial charge >= 0.3 is 0 Å². The van der Waals surface area contributed by atoms with Crippen molar-refractivity contribution in [2.24, 2.45) is 5.92 Å². The third-order valence-electron chi connectivity index (χ3n) is 5.01. The molecule has 122 valence electrons. The summed E-state index contributed by atoms with van der Waals surface area (Å²) in [5.41, 5.74) is 0. The Morgan fingerprint density at radius 1 is 1.05 bits per heavy atom. The summed E-state index contributed by atoms with van der Waals surface area (Å²) in [6, 6.07) is 0. The van der Waals surface area contributed by atoms with Gasteiger partial charge < -0.3 is 14.7 Å². The van der Waals surface area contributed by atoms with Gasteiger partial charge in [0.05, 0.1) is 0 Å². The first-order valence-electron chi connectivity index (χ1n) is 8.84. The van der Waals surface area contributed by atoms with Crippen molar-refractivity contribution in [3.63, 3.8) is 0 Å². The van der Waals surface area contributed by atoms with Crippen LogP contribution in [0.2, 0.25) is 0 Å². The van der Waals surface area contributed by atoms with Gasteiger partial charge in [-0.3, -0.25) is 4.79 Å². The van der Waals surface area contributed by atoms with E-state index in [1.807, 2.05) is 11.9 Å². The van der Waals surface area contributed by atoms with Crippen molar-refractivity contribution in [1.82, 2.24) is 14.7 Å². The van der Waals surface area contributed by atoms with Crippen LogP contribution in [0.15, 0.2) is 0 Å². The molecule has 2 heterocycles. The van der Waals surface area contributed by atoms with Crippen LogP contribution >= 0.6 is 0 Å². The fourth-order valence-corrected chi connectivity index (χ4v) is 3.53. The van der Waals surface area contributed by atoms with E-state index in [0.717, 1.165) is 25.6 Å². The average Bonchev–Trinajstić information content (AvgIpc) is 2.51. The molecule has 0 radical (unpaired) electrons. The van der Waals surface area contributed by atoms with Gasteiger partial charge in [0.2, 0.25) is 5.91 Å². The number of amides is 1. The number of rotatable bonds is 6. The van der Waals surface area contributed by atoms with Crippen LogP contribution in [0, 0.1) is 5.92 Å². The monoisotopic (exact) mass is 295 g/mol. The second-order valence-corrected chi connectivity index (χ2v) is 7.02. The zero-order valence-electron chi connectivity index (χ0n) is 14.0. The third-order valence-corrected chi connectivity index (χ3v) is 5.01. The van der Waals surface area contributed by atoms with E-state index in [1.165, 1.54) is 58.3 Å². The first-order chi connectivity index (χ1) is 10.1. The second kappa shape index (κ2) is 8.74. The van der Waals surface area contributed by atoms with Gasteiger partial charge in [-0.05, 0) is 51.2 Å². The molecule has 0 saturated carbocycles. The van der Waals surface area contributed by atoms with Crippen LogP contribution in [0.1, 0.15) is 45.4 Å². The number of carbonyl (C=O) groups excluding carboxylic acids is 1. The van der Waals surface area contributed by atoms with Crippen LogP contribution in [0.4, 0.5) is 0 Å². The Morgan fingerprint density at radius 3 is 2.48 bits per heavy atom. The van der Waals surface area contributed by atoms with E-state index in [-0.39, 0.29) is 0 Å². The number of piperidine rings is 2. The molecular weight excluding hydrogens is 262 g/mol. The maximum atomic E-state index is 12.2. The predicted octanol–water partition coefficient (Wildman–Crippen LogP) is 2.05. The number of carbonyl (C=O) groups is 1. The molecule has 0 aliphatic carbocycles. The van der Waals surface area contributed by atoms with Gasteiger partial charge in [-0.1, -0.05) is 13.3 Å². The van der Waals surface area contributed by atoms with Crippen LogP contribution < -0.4 is 0 Å². The van der Waals surface area contributed by atoms with Gasteiger partial charge in [-0.25, -0.2) is 0 Å². The highest BCUT2D eigenvalue weighted by molar-refractivity contribution is 5.76. The molecule has 2 fully saturated rings. The molecule has 2 aliphatic rings. The summed E-state index contributed by atoms with van der Waals surface area (Å²) in [7, 11) is 1.96. The lowest BCUT2D eigenvalue weighted by molar-refractivity contribution is -0.130. The highest BCUT2D eigenvalue weighted by atomic mass is 16.2. The number of hydrogen-bond acceptors (Lipinski definition) is 3. The zero-order chi connectivity index (χ0) is 15.1. The predicted molar refractivity (Wildman–Crippen MR) is 87.4 cm³/mol. The minimum absolute atomic E-state index is 0.310. The topological polar surface area (TPSA) is 26.8 Å². The van der Waals surface area contributed by atoms with Gasteiger partial charge in [0.15, 0.2) is 0 Å². The van der Waals surface area contributed by atoms with Gasteiger partial charge in [-0.15, -0.1) is 0 Å². The van der Waals surface area contributed by atoms with E-state index >= 15 is 0 Å². The zero-order valence-corrected chi connectivity index (χ0v) is 14.0. The van der Waals surface area contributed by atoms with Gasteiger partial charge in [0, 0.05) is 39.6 Å². The summed E-state index contributed by atoms with van der Waals surface area (Å²) in [6.45, 7) is 9.97. The summed E-state index contributed by atoms with van der Waals surface area (Å²) in [5, 5.41) is 0. The van der Waals surface area contributed by atoms with E-state index in [4.69, 9.17) is 0 Å². The fraction of sp³-hybridized carbons (Fsp3) is 0.941.